The van der Waals surface area contributed by atoms with Gasteiger partial charge in [0.15, 0.2) is 0 Å². The number of anilines is 2. The topological polar surface area (TPSA) is 97.1 Å². The molecule has 21 heavy (non-hydrogen) atoms. The van der Waals surface area contributed by atoms with Crippen LogP contribution in [0.4, 0.5) is 17.5 Å². The number of rotatable bonds is 6. The summed E-state index contributed by atoms with van der Waals surface area (Å²) in [6.45, 7) is 3.04. The summed E-state index contributed by atoms with van der Waals surface area (Å²) >= 11 is 0. The molecule has 0 spiro atoms. The number of nitrogens with zero attached hydrogens (tertiary/aromatic N) is 5. The molecule has 0 aromatic carbocycles. The molecule has 2 aromatic heterocycles. The van der Waals surface area contributed by atoms with Crippen LogP contribution in [-0.2, 0) is 6.54 Å². The predicted octanol–water partition coefficient (Wildman–Crippen LogP) is 1.85. The number of nitrogens with one attached hydrogen (secondary N) is 1. The summed E-state index contributed by atoms with van der Waals surface area (Å²) in [5, 5.41) is 14.1. The fourth-order valence-electron chi connectivity index (χ4n) is 1.86. The highest BCUT2D eigenvalue weighted by molar-refractivity contribution is 5.58. The second kappa shape index (κ2) is 6.60. The highest BCUT2D eigenvalue weighted by Crippen LogP contribution is 2.26. The zero-order chi connectivity index (χ0) is 15.2. The second-order valence-corrected chi connectivity index (χ2v) is 4.40. The molecule has 2 aromatic rings. The van der Waals surface area contributed by atoms with Gasteiger partial charge in [-0.1, -0.05) is 0 Å². The molecular formula is C13H16N6O2. The lowest BCUT2D eigenvalue weighted by Crippen LogP contribution is -2.20. The van der Waals surface area contributed by atoms with Gasteiger partial charge in [0.25, 0.3) is 0 Å². The molecule has 2 heterocycles. The third-order valence-electron chi connectivity index (χ3n) is 2.81. The van der Waals surface area contributed by atoms with Crippen LogP contribution >= 0.6 is 0 Å². The Morgan fingerprint density at radius 2 is 2.10 bits per heavy atom. The first-order valence-electron chi connectivity index (χ1n) is 6.47. The van der Waals surface area contributed by atoms with Gasteiger partial charge in [-0.2, -0.15) is 4.98 Å². The van der Waals surface area contributed by atoms with E-state index in [1.807, 2.05) is 19.1 Å². The van der Waals surface area contributed by atoms with Gasteiger partial charge in [-0.05, 0) is 24.6 Å². The molecular weight excluding hydrogens is 272 g/mol. The van der Waals surface area contributed by atoms with Crippen molar-refractivity contribution < 1.29 is 4.92 Å². The van der Waals surface area contributed by atoms with Gasteiger partial charge < -0.3 is 10.2 Å². The fourth-order valence-corrected chi connectivity index (χ4v) is 1.86. The predicted molar refractivity (Wildman–Crippen MR) is 79.2 cm³/mol. The molecule has 0 aliphatic rings. The van der Waals surface area contributed by atoms with Crippen LogP contribution in [0.25, 0.3) is 0 Å². The van der Waals surface area contributed by atoms with Crippen LogP contribution in [-0.4, -0.2) is 33.5 Å². The number of nitro groups is 1. The van der Waals surface area contributed by atoms with E-state index in [4.69, 9.17) is 0 Å². The Bertz CT molecular complexity index is 619. The van der Waals surface area contributed by atoms with Crippen LogP contribution in [0.3, 0.4) is 0 Å². The normalized spacial score (nSPS) is 10.2. The minimum atomic E-state index is -0.478. The van der Waals surface area contributed by atoms with Gasteiger partial charge in [0.1, 0.15) is 6.20 Å². The Kier molecular flexibility index (Phi) is 4.60. The largest absolute Gasteiger partial charge is 0.354 e. The van der Waals surface area contributed by atoms with Gasteiger partial charge in [-0.15, -0.1) is 0 Å². The van der Waals surface area contributed by atoms with Crippen molar-refractivity contribution in [2.24, 2.45) is 0 Å². The summed E-state index contributed by atoms with van der Waals surface area (Å²) in [6.07, 6.45) is 4.59. The van der Waals surface area contributed by atoms with E-state index in [2.05, 4.69) is 20.3 Å². The van der Waals surface area contributed by atoms with Crippen LogP contribution < -0.4 is 10.2 Å². The quantitative estimate of drug-likeness (QED) is 0.639. The Balaban J connectivity index is 2.30. The summed E-state index contributed by atoms with van der Waals surface area (Å²) in [5.74, 6) is 0.655. The maximum atomic E-state index is 11.1. The zero-order valence-corrected chi connectivity index (χ0v) is 11.9. The van der Waals surface area contributed by atoms with Crippen molar-refractivity contribution >= 4 is 17.5 Å². The van der Waals surface area contributed by atoms with Crippen LogP contribution in [0.2, 0.25) is 0 Å². The van der Waals surface area contributed by atoms with E-state index in [1.165, 1.54) is 6.20 Å². The van der Waals surface area contributed by atoms with Gasteiger partial charge in [0, 0.05) is 32.5 Å². The molecule has 1 N–H and O–H groups in total. The van der Waals surface area contributed by atoms with Crippen LogP contribution in [0, 0.1) is 10.1 Å². The standard InChI is InChI=1S/C13H16N6O2/c1-3-15-13-16-8-11(19(20)21)12(17-13)18(2)9-10-4-6-14-7-5-10/h4-8H,3,9H2,1-2H3,(H,15,16,17). The smallest absolute Gasteiger partial charge is 0.329 e. The second-order valence-electron chi connectivity index (χ2n) is 4.40. The van der Waals surface area contributed by atoms with E-state index in [1.54, 1.807) is 24.3 Å². The lowest BCUT2D eigenvalue weighted by molar-refractivity contribution is -0.384. The molecule has 0 aliphatic carbocycles. The van der Waals surface area contributed by atoms with Crippen molar-refractivity contribution in [1.82, 2.24) is 15.0 Å². The van der Waals surface area contributed by atoms with Crippen molar-refractivity contribution in [2.45, 2.75) is 13.5 Å². The molecule has 0 saturated carbocycles. The van der Waals surface area contributed by atoms with E-state index in [9.17, 15) is 10.1 Å². The average Bonchev–Trinajstić information content (AvgIpc) is 2.48. The lowest BCUT2D eigenvalue weighted by Gasteiger charge is -2.18. The molecule has 2 rings (SSSR count). The minimum absolute atomic E-state index is 0.117. The van der Waals surface area contributed by atoms with Crippen molar-refractivity contribution in [3.8, 4) is 0 Å². The van der Waals surface area contributed by atoms with Gasteiger partial charge in [-0.25, -0.2) is 4.98 Å². The molecule has 0 aliphatic heterocycles. The molecule has 0 amide bonds. The number of pyridine rings is 1. The van der Waals surface area contributed by atoms with E-state index < -0.39 is 4.92 Å². The highest BCUT2D eigenvalue weighted by atomic mass is 16.6. The molecule has 0 unspecified atom stereocenters. The molecule has 0 bridgehead atoms. The monoisotopic (exact) mass is 288 g/mol. The third-order valence-corrected chi connectivity index (χ3v) is 2.81. The summed E-state index contributed by atoms with van der Waals surface area (Å²) in [7, 11) is 1.76. The van der Waals surface area contributed by atoms with Gasteiger partial charge in [-0.3, -0.25) is 15.1 Å². The molecule has 8 nitrogen and oxygen atoms in total. The van der Waals surface area contributed by atoms with Crippen molar-refractivity contribution in [1.29, 1.82) is 0 Å². The minimum Gasteiger partial charge on any atom is -0.354 e. The summed E-state index contributed by atoms with van der Waals surface area (Å²) in [4.78, 5) is 24.5. The Hall–Kier alpha value is -2.77. The van der Waals surface area contributed by atoms with Crippen LogP contribution in [0.5, 0.6) is 0 Å². The molecule has 0 fully saturated rings. The van der Waals surface area contributed by atoms with Gasteiger partial charge in [0.05, 0.1) is 4.92 Å². The maximum Gasteiger partial charge on any atom is 0.329 e. The number of hydrogen-bond acceptors (Lipinski definition) is 7. The van der Waals surface area contributed by atoms with E-state index in [0.29, 0.717) is 19.0 Å². The Labute approximate surface area is 122 Å². The highest BCUT2D eigenvalue weighted by Gasteiger charge is 2.20. The molecule has 0 atom stereocenters. The summed E-state index contributed by atoms with van der Waals surface area (Å²) in [6, 6.07) is 3.71. The maximum absolute atomic E-state index is 11.1. The van der Waals surface area contributed by atoms with E-state index in [0.717, 1.165) is 5.56 Å². The summed E-state index contributed by atoms with van der Waals surface area (Å²) in [5.41, 5.74) is 0.874. The molecule has 8 heteroatoms. The van der Waals surface area contributed by atoms with Crippen LogP contribution in [0.1, 0.15) is 12.5 Å². The first-order chi connectivity index (χ1) is 10.1. The van der Waals surface area contributed by atoms with Crippen LogP contribution in [0.15, 0.2) is 30.7 Å². The molecule has 110 valence electrons. The Morgan fingerprint density at radius 3 is 2.71 bits per heavy atom. The van der Waals surface area contributed by atoms with E-state index >= 15 is 0 Å². The molecule has 0 radical (unpaired) electrons. The van der Waals surface area contributed by atoms with E-state index in [-0.39, 0.29) is 11.5 Å². The average molecular weight is 288 g/mol. The summed E-state index contributed by atoms with van der Waals surface area (Å²) < 4.78 is 0. The van der Waals surface area contributed by atoms with Crippen molar-refractivity contribution in [3.63, 3.8) is 0 Å². The van der Waals surface area contributed by atoms with Crippen molar-refractivity contribution in [2.75, 3.05) is 23.8 Å². The zero-order valence-electron chi connectivity index (χ0n) is 11.9. The first-order valence-corrected chi connectivity index (χ1v) is 6.47. The first kappa shape index (κ1) is 14.6. The Morgan fingerprint density at radius 1 is 1.38 bits per heavy atom. The SMILES string of the molecule is CCNc1ncc([N+](=O)[O-])c(N(C)Cc2ccncc2)n1. The number of aromatic nitrogens is 3. The third kappa shape index (κ3) is 3.62. The molecule has 0 saturated heterocycles. The van der Waals surface area contributed by atoms with Crippen molar-refractivity contribution in [3.05, 3.63) is 46.4 Å². The van der Waals surface area contributed by atoms with Gasteiger partial charge >= 0.3 is 5.69 Å². The fraction of sp³-hybridized carbons (Fsp3) is 0.308. The van der Waals surface area contributed by atoms with Gasteiger partial charge in [0.2, 0.25) is 11.8 Å². The lowest BCUT2D eigenvalue weighted by atomic mass is 10.2. The number of hydrogen-bond donors (Lipinski definition) is 1.